The number of benzene rings is 3. The first kappa shape index (κ1) is 21.3. The smallest absolute Gasteiger partial charge is 0.233 e. The van der Waals surface area contributed by atoms with Crippen LogP contribution in [0, 0.1) is 34.6 Å². The van der Waals surface area contributed by atoms with Gasteiger partial charge < -0.3 is 0 Å². The molecule has 0 N–H and O–H groups in total. The van der Waals surface area contributed by atoms with Crippen LogP contribution in [0.25, 0.3) is 10.2 Å². The molecule has 1 heterocycles. The summed E-state index contributed by atoms with van der Waals surface area (Å²) in [7, 11) is 0. The third-order valence-electron chi connectivity index (χ3n) is 5.69. The summed E-state index contributed by atoms with van der Waals surface area (Å²) in [6.07, 6.45) is 0.374. The monoisotopic (exact) mass is 428 g/mol. The summed E-state index contributed by atoms with van der Waals surface area (Å²) in [6, 6.07) is 18.7. The molecule has 0 atom stereocenters. The normalized spacial score (nSPS) is 11.1. The van der Waals surface area contributed by atoms with Crippen molar-refractivity contribution in [3.8, 4) is 0 Å². The van der Waals surface area contributed by atoms with Crippen molar-refractivity contribution in [2.45, 2.75) is 47.6 Å². The van der Waals surface area contributed by atoms with Gasteiger partial charge >= 0.3 is 0 Å². The summed E-state index contributed by atoms with van der Waals surface area (Å²) < 4.78 is 1.15. The molecule has 4 aromatic rings. The second-order valence-corrected chi connectivity index (χ2v) is 9.42. The Morgan fingerprint density at radius 2 is 1.48 bits per heavy atom. The van der Waals surface area contributed by atoms with Crippen LogP contribution in [0.5, 0.6) is 0 Å². The molecule has 31 heavy (non-hydrogen) atoms. The second-order valence-electron chi connectivity index (χ2n) is 8.45. The first-order valence-electron chi connectivity index (χ1n) is 10.6. The number of aryl methyl sites for hydroxylation is 5. The largest absolute Gasteiger partial charge is 0.283 e. The zero-order valence-corrected chi connectivity index (χ0v) is 19.6. The van der Waals surface area contributed by atoms with Gasteiger partial charge in [-0.3, -0.25) is 9.69 Å². The Morgan fingerprint density at radius 1 is 0.871 bits per heavy atom. The Morgan fingerprint density at radius 3 is 2.16 bits per heavy atom. The van der Waals surface area contributed by atoms with E-state index in [1.165, 1.54) is 27.8 Å². The van der Waals surface area contributed by atoms with Gasteiger partial charge in [0.1, 0.15) is 0 Å². The van der Waals surface area contributed by atoms with Crippen LogP contribution in [0.1, 0.15) is 38.9 Å². The number of nitrogens with zero attached hydrogens (tertiary/aromatic N) is 2. The van der Waals surface area contributed by atoms with E-state index in [4.69, 9.17) is 4.98 Å². The molecule has 0 saturated carbocycles. The average Bonchev–Trinajstić information content (AvgIpc) is 3.13. The van der Waals surface area contributed by atoms with Crippen LogP contribution in [-0.4, -0.2) is 10.9 Å². The van der Waals surface area contributed by atoms with Crippen molar-refractivity contribution in [2.24, 2.45) is 0 Å². The number of rotatable bonds is 5. The molecule has 1 amide bonds. The van der Waals surface area contributed by atoms with Gasteiger partial charge in [-0.25, -0.2) is 4.98 Å². The van der Waals surface area contributed by atoms with E-state index < -0.39 is 0 Å². The molecule has 0 aliphatic carbocycles. The summed E-state index contributed by atoms with van der Waals surface area (Å²) in [5.74, 6) is 0.0762. The summed E-state index contributed by atoms with van der Waals surface area (Å²) in [5, 5.41) is 0.764. The molecule has 0 saturated heterocycles. The molecule has 0 aliphatic rings. The Balaban J connectivity index is 1.74. The number of carbonyl (C=O) groups excluding carboxylic acids is 1. The molecule has 3 aromatic carbocycles. The topological polar surface area (TPSA) is 33.2 Å². The van der Waals surface area contributed by atoms with E-state index in [2.05, 4.69) is 71.0 Å². The highest BCUT2D eigenvalue weighted by atomic mass is 32.1. The maximum Gasteiger partial charge on any atom is 0.233 e. The lowest BCUT2D eigenvalue weighted by molar-refractivity contribution is -0.118. The lowest BCUT2D eigenvalue weighted by Gasteiger charge is -2.21. The molecule has 0 radical (unpaired) electrons. The van der Waals surface area contributed by atoms with Crippen molar-refractivity contribution < 1.29 is 4.79 Å². The van der Waals surface area contributed by atoms with Crippen molar-refractivity contribution in [3.63, 3.8) is 0 Å². The van der Waals surface area contributed by atoms with Crippen LogP contribution < -0.4 is 4.90 Å². The first-order chi connectivity index (χ1) is 14.8. The Kier molecular flexibility index (Phi) is 5.92. The fraction of sp³-hybridized carbons (Fsp3) is 0.259. The van der Waals surface area contributed by atoms with Crippen LogP contribution in [0.2, 0.25) is 0 Å². The molecular weight excluding hydrogens is 400 g/mol. The van der Waals surface area contributed by atoms with E-state index in [0.29, 0.717) is 13.0 Å². The molecule has 1 aromatic heterocycles. The van der Waals surface area contributed by atoms with Crippen molar-refractivity contribution >= 4 is 32.6 Å². The number of amides is 1. The molecule has 4 heteroatoms. The van der Waals surface area contributed by atoms with Crippen molar-refractivity contribution in [1.29, 1.82) is 0 Å². The lowest BCUT2D eigenvalue weighted by Crippen LogP contribution is -2.32. The second kappa shape index (κ2) is 8.64. The number of hydrogen-bond donors (Lipinski definition) is 0. The maximum absolute atomic E-state index is 13.6. The van der Waals surface area contributed by atoms with E-state index >= 15 is 0 Å². The summed E-state index contributed by atoms with van der Waals surface area (Å²) in [6.45, 7) is 11.0. The van der Waals surface area contributed by atoms with Gasteiger partial charge in [0, 0.05) is 0 Å². The number of hydrogen-bond acceptors (Lipinski definition) is 3. The SMILES string of the molecule is Cc1cc(C)c(CC(=O)N(Cc2ccccc2)c2nc3cc(C)cc(C)c3s2)c(C)c1. The van der Waals surface area contributed by atoms with Gasteiger partial charge in [-0.05, 0) is 74.1 Å². The minimum Gasteiger partial charge on any atom is -0.283 e. The lowest BCUT2D eigenvalue weighted by atomic mass is 9.97. The molecule has 0 unspecified atom stereocenters. The number of fused-ring (bicyclic) bond motifs is 1. The minimum atomic E-state index is 0.0762. The van der Waals surface area contributed by atoms with E-state index in [9.17, 15) is 4.79 Å². The zero-order valence-electron chi connectivity index (χ0n) is 18.8. The summed E-state index contributed by atoms with van der Waals surface area (Å²) >= 11 is 1.60. The Labute approximate surface area is 188 Å². The molecule has 0 bridgehead atoms. The van der Waals surface area contributed by atoms with Crippen LogP contribution in [-0.2, 0) is 17.8 Å². The highest BCUT2D eigenvalue weighted by Crippen LogP contribution is 2.33. The van der Waals surface area contributed by atoms with Gasteiger partial charge in [0.25, 0.3) is 0 Å². The van der Waals surface area contributed by atoms with E-state index in [1.54, 1.807) is 11.3 Å². The molecule has 3 nitrogen and oxygen atoms in total. The zero-order chi connectivity index (χ0) is 22.1. The highest BCUT2D eigenvalue weighted by molar-refractivity contribution is 7.22. The Bertz CT molecular complexity index is 1230. The van der Waals surface area contributed by atoms with Crippen molar-refractivity contribution in [1.82, 2.24) is 4.98 Å². The molecule has 0 spiro atoms. The summed E-state index contributed by atoms with van der Waals surface area (Å²) in [5.41, 5.74) is 9.13. The van der Waals surface area contributed by atoms with E-state index in [0.717, 1.165) is 26.5 Å². The van der Waals surface area contributed by atoms with E-state index in [-0.39, 0.29) is 5.91 Å². The van der Waals surface area contributed by atoms with Gasteiger partial charge in [-0.1, -0.05) is 65.4 Å². The highest BCUT2D eigenvalue weighted by Gasteiger charge is 2.22. The van der Waals surface area contributed by atoms with Crippen LogP contribution >= 0.6 is 11.3 Å². The third-order valence-corrected chi connectivity index (χ3v) is 6.92. The number of carbonyl (C=O) groups is 1. The molecule has 158 valence electrons. The molecule has 4 rings (SSSR count). The van der Waals surface area contributed by atoms with Gasteiger partial charge in [0.05, 0.1) is 23.2 Å². The van der Waals surface area contributed by atoms with E-state index in [1.807, 2.05) is 23.1 Å². The number of anilines is 1. The molecular formula is C27H28N2OS. The van der Waals surface area contributed by atoms with Crippen molar-refractivity contribution in [2.75, 3.05) is 4.90 Å². The fourth-order valence-corrected chi connectivity index (χ4v) is 5.28. The number of thiazole rings is 1. The average molecular weight is 429 g/mol. The molecule has 0 fully saturated rings. The molecule has 0 aliphatic heterocycles. The predicted molar refractivity (Wildman–Crippen MR) is 131 cm³/mol. The van der Waals surface area contributed by atoms with Crippen LogP contribution in [0.3, 0.4) is 0 Å². The quantitative estimate of drug-likeness (QED) is 0.358. The van der Waals surface area contributed by atoms with Gasteiger partial charge in [0.2, 0.25) is 5.91 Å². The van der Waals surface area contributed by atoms with Crippen molar-refractivity contribution in [3.05, 3.63) is 93.5 Å². The Hall–Kier alpha value is -2.98. The minimum absolute atomic E-state index is 0.0762. The first-order valence-corrected chi connectivity index (χ1v) is 11.4. The predicted octanol–water partition coefficient (Wildman–Crippen LogP) is 6.61. The maximum atomic E-state index is 13.6. The van der Waals surface area contributed by atoms with Crippen LogP contribution in [0.15, 0.2) is 54.6 Å². The van der Waals surface area contributed by atoms with Gasteiger partial charge in [-0.15, -0.1) is 0 Å². The third kappa shape index (κ3) is 4.54. The van der Waals surface area contributed by atoms with Gasteiger partial charge in [0.15, 0.2) is 5.13 Å². The number of aromatic nitrogens is 1. The fourth-order valence-electron chi connectivity index (χ4n) is 4.24. The van der Waals surface area contributed by atoms with Gasteiger partial charge in [-0.2, -0.15) is 0 Å². The standard InChI is InChI=1S/C27H28N2OS/c1-17-11-19(3)23(20(4)12-17)15-25(30)29(16-22-9-7-6-8-10-22)27-28-24-14-18(2)13-21(5)26(24)31-27/h6-14H,15-16H2,1-5H3. The van der Waals surface area contributed by atoms with Crippen LogP contribution in [0.4, 0.5) is 5.13 Å². The summed E-state index contributed by atoms with van der Waals surface area (Å²) in [4.78, 5) is 20.4.